The molecule has 0 bridgehead atoms. The van der Waals surface area contributed by atoms with E-state index >= 15 is 0 Å². The number of nitrogens with one attached hydrogen (secondary N) is 1. The molecule has 2 rings (SSSR count). The number of aromatic amines is 1. The maximum absolute atomic E-state index is 11.9. The van der Waals surface area contributed by atoms with Crippen molar-refractivity contribution in [3.63, 3.8) is 0 Å². The molecule has 0 saturated carbocycles. The number of hydrogen-bond acceptors (Lipinski definition) is 4. The summed E-state index contributed by atoms with van der Waals surface area (Å²) >= 11 is 0. The topological polar surface area (TPSA) is 83.1 Å². The number of benzene rings is 1. The van der Waals surface area contributed by atoms with Crippen molar-refractivity contribution in [2.24, 2.45) is 0 Å². The molecule has 0 amide bonds. The minimum Gasteiger partial charge on any atom is -0.336 e. The van der Waals surface area contributed by atoms with Gasteiger partial charge in [-0.3, -0.25) is 4.79 Å². The van der Waals surface area contributed by atoms with E-state index in [1.54, 1.807) is 12.1 Å². The molecule has 1 N–H and O–H groups in total. The van der Waals surface area contributed by atoms with Crippen molar-refractivity contribution in [2.45, 2.75) is 4.90 Å². The quantitative estimate of drug-likeness (QED) is 0.851. The lowest BCUT2D eigenvalue weighted by Crippen LogP contribution is -2.22. The highest BCUT2D eigenvalue weighted by atomic mass is 32.2. The Kier molecular flexibility index (Phi) is 3.50. The summed E-state index contributed by atoms with van der Waals surface area (Å²) in [5.74, 6) is 0.236. The molecule has 7 heteroatoms. The highest BCUT2D eigenvalue weighted by Crippen LogP contribution is 2.20. The van der Waals surface area contributed by atoms with Gasteiger partial charge in [-0.2, -0.15) is 0 Å². The molecule has 0 spiro atoms. The third kappa shape index (κ3) is 2.56. The Bertz CT molecular complexity index is 687. The average molecular weight is 279 g/mol. The molecule has 0 aliphatic heterocycles. The van der Waals surface area contributed by atoms with Crippen molar-refractivity contribution in [3.05, 3.63) is 36.3 Å². The van der Waals surface area contributed by atoms with Crippen LogP contribution in [0.3, 0.4) is 0 Å². The molecule has 0 unspecified atom stereocenters. The van der Waals surface area contributed by atoms with Crippen LogP contribution in [0.4, 0.5) is 0 Å². The maximum atomic E-state index is 11.9. The number of aldehydes is 1. The first-order valence-electron chi connectivity index (χ1n) is 5.48. The lowest BCUT2D eigenvalue weighted by molar-refractivity contribution is 0.111. The molecule has 0 aliphatic rings. The van der Waals surface area contributed by atoms with Gasteiger partial charge in [0.25, 0.3) is 0 Å². The first kappa shape index (κ1) is 13.4. The van der Waals surface area contributed by atoms with Crippen LogP contribution in [0.2, 0.25) is 0 Å². The molecular formula is C12H13N3O3S. The Balaban J connectivity index is 2.36. The number of carbonyl (C=O) groups is 1. The normalized spacial score (nSPS) is 11.7. The monoisotopic (exact) mass is 279 g/mol. The van der Waals surface area contributed by atoms with Crippen molar-refractivity contribution < 1.29 is 13.2 Å². The van der Waals surface area contributed by atoms with E-state index in [1.165, 1.54) is 32.4 Å². The molecular weight excluding hydrogens is 266 g/mol. The summed E-state index contributed by atoms with van der Waals surface area (Å²) in [5, 5.41) is 0. The van der Waals surface area contributed by atoms with Crippen molar-refractivity contribution >= 4 is 16.3 Å². The SMILES string of the molecule is CN(C)S(=O)(=O)c1ccc(-c2cnc(C=O)[nH]2)cc1. The van der Waals surface area contributed by atoms with Crippen molar-refractivity contribution in [3.8, 4) is 11.3 Å². The second kappa shape index (κ2) is 4.94. The summed E-state index contributed by atoms with van der Waals surface area (Å²) in [6, 6.07) is 6.37. The summed E-state index contributed by atoms with van der Waals surface area (Å²) in [5.41, 5.74) is 1.43. The third-order valence-electron chi connectivity index (χ3n) is 2.65. The molecule has 0 saturated heterocycles. The maximum Gasteiger partial charge on any atom is 0.242 e. The molecule has 0 aliphatic carbocycles. The highest BCUT2D eigenvalue weighted by Gasteiger charge is 2.16. The molecule has 2 aromatic rings. The van der Waals surface area contributed by atoms with Crippen LogP contribution in [-0.4, -0.2) is 43.1 Å². The summed E-state index contributed by atoms with van der Waals surface area (Å²) in [6.45, 7) is 0. The Labute approximate surface area is 111 Å². The Morgan fingerprint density at radius 2 is 1.84 bits per heavy atom. The van der Waals surface area contributed by atoms with Crippen molar-refractivity contribution in [1.29, 1.82) is 0 Å². The number of carbonyl (C=O) groups excluding carboxylic acids is 1. The molecule has 0 radical (unpaired) electrons. The molecule has 1 heterocycles. The smallest absolute Gasteiger partial charge is 0.242 e. The molecule has 1 aromatic carbocycles. The van der Waals surface area contributed by atoms with Crippen LogP contribution in [0.25, 0.3) is 11.3 Å². The van der Waals surface area contributed by atoms with Gasteiger partial charge in [-0.1, -0.05) is 12.1 Å². The van der Waals surface area contributed by atoms with Gasteiger partial charge in [0.1, 0.15) is 0 Å². The zero-order chi connectivity index (χ0) is 14.0. The van der Waals surface area contributed by atoms with E-state index in [0.29, 0.717) is 12.0 Å². The van der Waals surface area contributed by atoms with Crippen molar-refractivity contribution in [1.82, 2.24) is 14.3 Å². The van der Waals surface area contributed by atoms with Gasteiger partial charge in [0, 0.05) is 14.1 Å². The first-order valence-corrected chi connectivity index (χ1v) is 6.92. The minimum atomic E-state index is -3.42. The van der Waals surface area contributed by atoms with Gasteiger partial charge in [0.15, 0.2) is 12.1 Å². The van der Waals surface area contributed by atoms with Gasteiger partial charge in [-0.25, -0.2) is 17.7 Å². The minimum absolute atomic E-state index is 0.219. The molecule has 0 fully saturated rings. The Hall–Kier alpha value is -1.99. The zero-order valence-corrected chi connectivity index (χ0v) is 11.3. The summed E-state index contributed by atoms with van der Waals surface area (Å²) in [6.07, 6.45) is 2.15. The van der Waals surface area contributed by atoms with Crippen LogP contribution >= 0.6 is 0 Å². The van der Waals surface area contributed by atoms with E-state index < -0.39 is 10.0 Å². The lowest BCUT2D eigenvalue weighted by Gasteiger charge is -2.11. The lowest BCUT2D eigenvalue weighted by atomic mass is 10.2. The predicted molar refractivity (Wildman–Crippen MR) is 70.3 cm³/mol. The number of imidazole rings is 1. The molecule has 0 atom stereocenters. The number of H-pyrrole nitrogens is 1. The number of sulfonamides is 1. The van der Waals surface area contributed by atoms with Gasteiger partial charge < -0.3 is 4.98 Å². The van der Waals surface area contributed by atoms with Crippen LogP contribution < -0.4 is 0 Å². The fraction of sp³-hybridized carbons (Fsp3) is 0.167. The zero-order valence-electron chi connectivity index (χ0n) is 10.5. The second-order valence-corrected chi connectivity index (χ2v) is 6.26. The molecule has 6 nitrogen and oxygen atoms in total. The average Bonchev–Trinajstić information content (AvgIpc) is 2.87. The number of rotatable bonds is 4. The van der Waals surface area contributed by atoms with E-state index in [1.807, 2.05) is 0 Å². The van der Waals surface area contributed by atoms with Gasteiger partial charge in [-0.15, -0.1) is 0 Å². The number of hydrogen-bond donors (Lipinski definition) is 1. The second-order valence-electron chi connectivity index (χ2n) is 4.11. The summed E-state index contributed by atoms with van der Waals surface area (Å²) < 4.78 is 24.9. The number of nitrogens with zero attached hydrogens (tertiary/aromatic N) is 2. The van der Waals surface area contributed by atoms with E-state index in [9.17, 15) is 13.2 Å². The van der Waals surface area contributed by atoms with E-state index in [2.05, 4.69) is 9.97 Å². The first-order chi connectivity index (χ1) is 8.95. The fourth-order valence-corrected chi connectivity index (χ4v) is 2.46. The molecule has 19 heavy (non-hydrogen) atoms. The van der Waals surface area contributed by atoms with E-state index in [-0.39, 0.29) is 10.7 Å². The predicted octanol–water partition coefficient (Wildman–Crippen LogP) is 1.14. The Morgan fingerprint density at radius 1 is 1.21 bits per heavy atom. The summed E-state index contributed by atoms with van der Waals surface area (Å²) in [7, 11) is -0.463. The Morgan fingerprint density at radius 3 is 2.32 bits per heavy atom. The van der Waals surface area contributed by atoms with Gasteiger partial charge in [0.05, 0.1) is 16.8 Å². The standard InChI is InChI=1S/C12H13N3O3S/c1-15(2)19(17,18)10-5-3-9(4-6-10)11-7-13-12(8-16)14-11/h3-8H,1-2H3,(H,13,14). The largest absolute Gasteiger partial charge is 0.336 e. The van der Waals surface area contributed by atoms with Crippen LogP contribution in [0.1, 0.15) is 10.6 Å². The van der Waals surface area contributed by atoms with Gasteiger partial charge in [-0.05, 0) is 17.7 Å². The highest BCUT2D eigenvalue weighted by molar-refractivity contribution is 7.89. The van der Waals surface area contributed by atoms with E-state index in [4.69, 9.17) is 0 Å². The van der Waals surface area contributed by atoms with Crippen LogP contribution in [0, 0.1) is 0 Å². The van der Waals surface area contributed by atoms with Gasteiger partial charge >= 0.3 is 0 Å². The summed E-state index contributed by atoms with van der Waals surface area (Å²) in [4.78, 5) is 17.4. The molecule has 1 aromatic heterocycles. The van der Waals surface area contributed by atoms with Crippen LogP contribution in [0.15, 0.2) is 35.4 Å². The fourth-order valence-electron chi connectivity index (χ4n) is 1.56. The number of aromatic nitrogens is 2. The van der Waals surface area contributed by atoms with Crippen LogP contribution in [-0.2, 0) is 10.0 Å². The molecule has 100 valence electrons. The van der Waals surface area contributed by atoms with Crippen LogP contribution in [0.5, 0.6) is 0 Å². The van der Waals surface area contributed by atoms with E-state index in [0.717, 1.165) is 9.87 Å². The van der Waals surface area contributed by atoms with Gasteiger partial charge in [0.2, 0.25) is 10.0 Å². The third-order valence-corrected chi connectivity index (χ3v) is 4.48. The van der Waals surface area contributed by atoms with Crippen molar-refractivity contribution in [2.75, 3.05) is 14.1 Å².